The van der Waals surface area contributed by atoms with E-state index in [1.54, 1.807) is 17.4 Å². The van der Waals surface area contributed by atoms with Crippen LogP contribution in [0.3, 0.4) is 0 Å². The van der Waals surface area contributed by atoms with Gasteiger partial charge < -0.3 is 10.2 Å². The number of rotatable bonds is 4. The lowest BCUT2D eigenvalue weighted by Gasteiger charge is -2.15. The number of amides is 1. The lowest BCUT2D eigenvalue weighted by Crippen LogP contribution is -2.29. The second-order valence-electron chi connectivity index (χ2n) is 5.33. The Labute approximate surface area is 143 Å². The molecule has 3 aromatic rings. The number of nitrogens with one attached hydrogen (secondary N) is 1. The number of hydrogen-bond donors (Lipinski definition) is 1. The predicted octanol–water partition coefficient (Wildman–Crippen LogP) is 4.33. The van der Waals surface area contributed by atoms with E-state index < -0.39 is 0 Å². The van der Waals surface area contributed by atoms with Crippen LogP contribution < -0.4 is 10.2 Å². The van der Waals surface area contributed by atoms with Crippen LogP contribution in [0.2, 0.25) is 5.02 Å². The van der Waals surface area contributed by atoms with Crippen LogP contribution >= 0.6 is 22.9 Å². The van der Waals surface area contributed by atoms with Crippen LogP contribution in [-0.4, -0.2) is 24.5 Å². The highest BCUT2D eigenvalue weighted by Gasteiger charge is 2.12. The Morgan fingerprint density at radius 1 is 1.30 bits per heavy atom. The molecule has 0 bridgehead atoms. The van der Waals surface area contributed by atoms with Crippen molar-refractivity contribution < 1.29 is 4.79 Å². The molecule has 23 heavy (non-hydrogen) atoms. The summed E-state index contributed by atoms with van der Waals surface area (Å²) in [6, 6.07) is 13.4. The van der Waals surface area contributed by atoms with Crippen molar-refractivity contribution in [1.82, 2.24) is 4.98 Å². The predicted molar refractivity (Wildman–Crippen MR) is 97.7 cm³/mol. The van der Waals surface area contributed by atoms with Crippen LogP contribution in [0.5, 0.6) is 0 Å². The highest BCUT2D eigenvalue weighted by atomic mass is 35.5. The summed E-state index contributed by atoms with van der Waals surface area (Å²) in [5.74, 6) is -0.105. The van der Waals surface area contributed by atoms with Crippen molar-refractivity contribution in [3.8, 4) is 0 Å². The zero-order valence-electron chi connectivity index (χ0n) is 12.8. The molecule has 2 aromatic carbocycles. The molecule has 4 nitrogen and oxygen atoms in total. The minimum absolute atomic E-state index is 0.105. The number of nitrogens with zero attached hydrogens (tertiary/aromatic N) is 2. The van der Waals surface area contributed by atoms with Gasteiger partial charge in [-0.2, -0.15) is 0 Å². The van der Waals surface area contributed by atoms with Gasteiger partial charge >= 0.3 is 0 Å². The molecule has 0 aliphatic heterocycles. The van der Waals surface area contributed by atoms with Crippen molar-refractivity contribution in [2.75, 3.05) is 23.8 Å². The van der Waals surface area contributed by atoms with E-state index in [9.17, 15) is 4.79 Å². The Hall–Kier alpha value is -2.11. The maximum absolute atomic E-state index is 12.2. The van der Waals surface area contributed by atoms with Crippen molar-refractivity contribution in [3.05, 3.63) is 53.1 Å². The molecule has 6 heteroatoms. The fraction of sp³-hybridized carbons (Fsp3) is 0.176. The van der Waals surface area contributed by atoms with Gasteiger partial charge in [0.05, 0.1) is 16.8 Å². The van der Waals surface area contributed by atoms with Crippen molar-refractivity contribution in [2.24, 2.45) is 0 Å². The fourth-order valence-electron chi connectivity index (χ4n) is 2.18. The Morgan fingerprint density at radius 3 is 2.83 bits per heavy atom. The van der Waals surface area contributed by atoms with Gasteiger partial charge in [-0.3, -0.25) is 4.79 Å². The summed E-state index contributed by atoms with van der Waals surface area (Å²) in [5, 5.41) is 4.32. The molecule has 0 fully saturated rings. The number of likely N-dealkylation sites (N-methyl/N-ethyl adjacent to an activating group) is 1. The zero-order valence-corrected chi connectivity index (χ0v) is 14.4. The first-order valence-electron chi connectivity index (χ1n) is 7.15. The summed E-state index contributed by atoms with van der Waals surface area (Å²) < 4.78 is 1.11. The summed E-state index contributed by atoms with van der Waals surface area (Å²) in [6.45, 7) is 2.15. The average Bonchev–Trinajstić information content (AvgIpc) is 2.95. The molecular weight excluding hydrogens is 330 g/mol. The topological polar surface area (TPSA) is 45.2 Å². The lowest BCUT2D eigenvalue weighted by molar-refractivity contribution is -0.114. The molecule has 0 atom stereocenters. The molecule has 0 spiro atoms. The Bertz CT molecular complexity index is 829. The summed E-state index contributed by atoms with van der Waals surface area (Å²) in [4.78, 5) is 18.6. The van der Waals surface area contributed by atoms with E-state index in [0.717, 1.165) is 20.9 Å². The molecule has 1 amide bonds. The van der Waals surface area contributed by atoms with Crippen molar-refractivity contribution in [3.63, 3.8) is 0 Å². The van der Waals surface area contributed by atoms with Gasteiger partial charge in [-0.05, 0) is 36.8 Å². The maximum Gasteiger partial charge on any atom is 0.243 e. The van der Waals surface area contributed by atoms with Crippen LogP contribution in [0.4, 0.5) is 10.8 Å². The number of fused-ring (bicyclic) bond motifs is 1. The first-order valence-corrected chi connectivity index (χ1v) is 8.35. The third kappa shape index (κ3) is 3.63. The molecule has 0 unspecified atom stereocenters. The largest absolute Gasteiger partial charge is 0.342 e. The Kier molecular flexibility index (Phi) is 4.50. The third-order valence-electron chi connectivity index (χ3n) is 3.45. The monoisotopic (exact) mass is 345 g/mol. The minimum atomic E-state index is -0.105. The Morgan fingerprint density at radius 2 is 2.09 bits per heavy atom. The van der Waals surface area contributed by atoms with Gasteiger partial charge in [0, 0.05) is 17.8 Å². The summed E-state index contributed by atoms with van der Waals surface area (Å²) in [7, 11) is 1.86. The normalized spacial score (nSPS) is 10.7. The number of thiazole rings is 1. The van der Waals surface area contributed by atoms with Crippen LogP contribution in [0.15, 0.2) is 42.5 Å². The van der Waals surface area contributed by atoms with E-state index in [0.29, 0.717) is 10.7 Å². The van der Waals surface area contributed by atoms with Gasteiger partial charge in [-0.15, -0.1) is 0 Å². The number of hydrogen-bond acceptors (Lipinski definition) is 4. The smallest absolute Gasteiger partial charge is 0.243 e. The number of carbonyl (C=O) groups excluding carboxylic acids is 1. The third-order valence-corrected chi connectivity index (χ3v) is 5.00. The quantitative estimate of drug-likeness (QED) is 0.765. The first-order chi connectivity index (χ1) is 11.0. The van der Waals surface area contributed by atoms with Crippen molar-refractivity contribution in [1.29, 1.82) is 0 Å². The van der Waals surface area contributed by atoms with Gasteiger partial charge in [0.2, 0.25) is 5.91 Å². The lowest BCUT2D eigenvalue weighted by atomic mass is 10.2. The second-order valence-corrected chi connectivity index (χ2v) is 6.75. The minimum Gasteiger partial charge on any atom is -0.342 e. The first kappa shape index (κ1) is 15.8. The summed E-state index contributed by atoms with van der Waals surface area (Å²) in [5.41, 5.74) is 2.63. The molecular formula is C17H16ClN3OS. The number of anilines is 2. The van der Waals surface area contributed by atoms with E-state index in [1.165, 1.54) is 0 Å². The van der Waals surface area contributed by atoms with E-state index in [4.69, 9.17) is 11.6 Å². The molecule has 0 aliphatic carbocycles. The number of carbonyl (C=O) groups is 1. The summed E-state index contributed by atoms with van der Waals surface area (Å²) in [6.07, 6.45) is 0. The highest BCUT2D eigenvalue weighted by Crippen LogP contribution is 2.27. The molecule has 0 aliphatic rings. The van der Waals surface area contributed by atoms with E-state index in [1.807, 2.05) is 55.3 Å². The summed E-state index contributed by atoms with van der Waals surface area (Å²) >= 11 is 7.65. The zero-order chi connectivity index (χ0) is 16.4. The van der Waals surface area contributed by atoms with Crippen LogP contribution in [-0.2, 0) is 4.79 Å². The molecule has 1 aromatic heterocycles. The van der Waals surface area contributed by atoms with E-state index in [-0.39, 0.29) is 12.5 Å². The maximum atomic E-state index is 12.2. The highest BCUT2D eigenvalue weighted by molar-refractivity contribution is 7.22. The molecule has 1 heterocycles. The van der Waals surface area contributed by atoms with Gasteiger partial charge in [-0.1, -0.05) is 41.1 Å². The molecule has 1 N–H and O–H groups in total. The molecule has 118 valence electrons. The van der Waals surface area contributed by atoms with Crippen LogP contribution in [0, 0.1) is 6.92 Å². The standard InChI is InChI=1S/C17H16ClN3OS/c1-11-7-8-12(9-13(11)18)19-16(22)10-21(2)17-20-14-5-3-4-6-15(14)23-17/h3-9H,10H2,1-2H3,(H,19,22). The van der Waals surface area contributed by atoms with Crippen molar-refractivity contribution in [2.45, 2.75) is 6.92 Å². The second kappa shape index (κ2) is 6.56. The number of halogens is 1. The number of para-hydroxylation sites is 1. The number of aryl methyl sites for hydroxylation is 1. The Balaban J connectivity index is 1.67. The molecule has 3 rings (SSSR count). The van der Waals surface area contributed by atoms with Gasteiger partial charge in [-0.25, -0.2) is 4.98 Å². The van der Waals surface area contributed by atoms with E-state index in [2.05, 4.69) is 10.3 Å². The SMILES string of the molecule is Cc1ccc(NC(=O)CN(C)c2nc3ccccc3s2)cc1Cl. The molecule has 0 saturated carbocycles. The molecule has 0 saturated heterocycles. The van der Waals surface area contributed by atoms with Gasteiger partial charge in [0.15, 0.2) is 5.13 Å². The average molecular weight is 346 g/mol. The number of benzene rings is 2. The molecule has 0 radical (unpaired) electrons. The van der Waals surface area contributed by atoms with Crippen LogP contribution in [0.1, 0.15) is 5.56 Å². The number of aromatic nitrogens is 1. The fourth-order valence-corrected chi connectivity index (χ4v) is 3.28. The van der Waals surface area contributed by atoms with Crippen LogP contribution in [0.25, 0.3) is 10.2 Å². The van der Waals surface area contributed by atoms with Gasteiger partial charge in [0.25, 0.3) is 0 Å². The van der Waals surface area contributed by atoms with Gasteiger partial charge in [0.1, 0.15) is 0 Å². The van der Waals surface area contributed by atoms with Crippen molar-refractivity contribution >= 4 is 49.9 Å². The van der Waals surface area contributed by atoms with E-state index >= 15 is 0 Å².